The third-order valence-electron chi connectivity index (χ3n) is 4.61. The molecule has 2 saturated heterocycles. The summed E-state index contributed by atoms with van der Waals surface area (Å²) in [5.74, 6) is 2.58. The lowest BCUT2D eigenvalue weighted by Crippen LogP contribution is -2.27. The van der Waals surface area contributed by atoms with Gasteiger partial charge in [0.25, 0.3) is 0 Å². The molecule has 2 atom stereocenters. The van der Waals surface area contributed by atoms with Crippen LogP contribution in [-0.2, 0) is 13.1 Å². The van der Waals surface area contributed by atoms with E-state index in [1.807, 2.05) is 22.9 Å². The molecule has 0 saturated carbocycles. The summed E-state index contributed by atoms with van der Waals surface area (Å²) in [4.78, 5) is 2.49. The van der Waals surface area contributed by atoms with Crippen LogP contribution in [0.5, 0.6) is 0 Å². The van der Waals surface area contributed by atoms with E-state index in [2.05, 4.69) is 37.9 Å². The Morgan fingerprint density at radius 1 is 1.05 bits per heavy atom. The standard InChI is InChI=1S/C15H20N6/c1-2-4-12(5-3-1)8-21-15(17-18-19-21)11-20-9-13-6-16-7-14(13)10-20/h1-5,13-14,16H,6-11H2. The lowest BCUT2D eigenvalue weighted by molar-refractivity contribution is 0.292. The number of hydrogen-bond donors (Lipinski definition) is 1. The largest absolute Gasteiger partial charge is 0.316 e. The van der Waals surface area contributed by atoms with Gasteiger partial charge in [-0.2, -0.15) is 0 Å². The molecule has 1 aromatic carbocycles. The molecule has 0 spiro atoms. The first-order valence-corrected chi connectivity index (χ1v) is 7.60. The molecule has 21 heavy (non-hydrogen) atoms. The van der Waals surface area contributed by atoms with Gasteiger partial charge in [0.15, 0.2) is 5.82 Å². The van der Waals surface area contributed by atoms with E-state index in [0.29, 0.717) is 0 Å². The minimum atomic E-state index is 0.741. The quantitative estimate of drug-likeness (QED) is 0.879. The Morgan fingerprint density at radius 3 is 2.57 bits per heavy atom. The first-order valence-electron chi connectivity index (χ1n) is 7.60. The number of likely N-dealkylation sites (tertiary alicyclic amines) is 1. The second-order valence-electron chi connectivity index (χ2n) is 6.11. The average molecular weight is 284 g/mol. The molecule has 2 fully saturated rings. The van der Waals surface area contributed by atoms with Crippen molar-refractivity contribution in [2.45, 2.75) is 13.1 Å². The van der Waals surface area contributed by atoms with Crippen LogP contribution in [0, 0.1) is 11.8 Å². The Bertz CT molecular complexity index is 583. The van der Waals surface area contributed by atoms with Gasteiger partial charge in [0.1, 0.15) is 0 Å². The van der Waals surface area contributed by atoms with Crippen molar-refractivity contribution in [2.75, 3.05) is 26.2 Å². The van der Waals surface area contributed by atoms with E-state index >= 15 is 0 Å². The Hall–Kier alpha value is -1.79. The Labute approximate surface area is 124 Å². The summed E-state index contributed by atoms with van der Waals surface area (Å²) < 4.78 is 1.92. The summed E-state index contributed by atoms with van der Waals surface area (Å²) in [6, 6.07) is 10.3. The molecule has 2 unspecified atom stereocenters. The van der Waals surface area contributed by atoms with Gasteiger partial charge in [-0.25, -0.2) is 4.68 Å². The minimum Gasteiger partial charge on any atom is -0.316 e. The third-order valence-corrected chi connectivity index (χ3v) is 4.61. The van der Waals surface area contributed by atoms with Gasteiger partial charge in [0.2, 0.25) is 0 Å². The van der Waals surface area contributed by atoms with Crippen LogP contribution in [0.1, 0.15) is 11.4 Å². The van der Waals surface area contributed by atoms with Crippen LogP contribution in [-0.4, -0.2) is 51.3 Å². The molecule has 0 radical (unpaired) electrons. The van der Waals surface area contributed by atoms with Crippen molar-refractivity contribution in [2.24, 2.45) is 11.8 Å². The summed E-state index contributed by atoms with van der Waals surface area (Å²) in [5, 5.41) is 15.7. The molecule has 3 heterocycles. The average Bonchev–Trinajstić information content (AvgIpc) is 3.17. The van der Waals surface area contributed by atoms with E-state index in [9.17, 15) is 0 Å². The second kappa shape index (κ2) is 5.54. The van der Waals surface area contributed by atoms with Crippen LogP contribution < -0.4 is 5.32 Å². The number of fused-ring (bicyclic) bond motifs is 1. The zero-order valence-electron chi connectivity index (χ0n) is 12.0. The maximum Gasteiger partial charge on any atom is 0.165 e. The second-order valence-corrected chi connectivity index (χ2v) is 6.11. The molecule has 6 nitrogen and oxygen atoms in total. The zero-order chi connectivity index (χ0) is 14.1. The van der Waals surface area contributed by atoms with Crippen molar-refractivity contribution in [3.8, 4) is 0 Å². The lowest BCUT2D eigenvalue weighted by atomic mass is 10.0. The number of tetrazole rings is 1. The summed E-state index contributed by atoms with van der Waals surface area (Å²) in [6.07, 6.45) is 0. The number of nitrogens with one attached hydrogen (secondary N) is 1. The van der Waals surface area contributed by atoms with E-state index in [1.165, 1.54) is 5.56 Å². The number of rotatable bonds is 4. The van der Waals surface area contributed by atoms with E-state index in [4.69, 9.17) is 0 Å². The molecule has 2 aliphatic rings. The summed E-state index contributed by atoms with van der Waals surface area (Å²) >= 11 is 0. The van der Waals surface area contributed by atoms with Crippen molar-refractivity contribution in [3.63, 3.8) is 0 Å². The zero-order valence-corrected chi connectivity index (χ0v) is 12.0. The molecular formula is C15H20N6. The third kappa shape index (κ3) is 2.69. The molecular weight excluding hydrogens is 264 g/mol. The fourth-order valence-corrected chi connectivity index (χ4v) is 3.50. The van der Waals surface area contributed by atoms with Crippen LogP contribution in [0.4, 0.5) is 0 Å². The molecule has 110 valence electrons. The fraction of sp³-hybridized carbons (Fsp3) is 0.533. The van der Waals surface area contributed by atoms with Gasteiger partial charge in [0.05, 0.1) is 13.1 Å². The van der Waals surface area contributed by atoms with Crippen molar-refractivity contribution in [3.05, 3.63) is 41.7 Å². The van der Waals surface area contributed by atoms with Crippen LogP contribution in [0.2, 0.25) is 0 Å². The predicted molar refractivity (Wildman–Crippen MR) is 78.5 cm³/mol. The molecule has 2 aliphatic heterocycles. The highest BCUT2D eigenvalue weighted by molar-refractivity contribution is 5.15. The van der Waals surface area contributed by atoms with E-state index in [-0.39, 0.29) is 0 Å². The molecule has 4 rings (SSSR count). The summed E-state index contributed by atoms with van der Waals surface area (Å²) in [5.41, 5.74) is 1.23. The van der Waals surface area contributed by atoms with Gasteiger partial charge in [-0.1, -0.05) is 30.3 Å². The Morgan fingerprint density at radius 2 is 1.81 bits per heavy atom. The first kappa shape index (κ1) is 12.9. The van der Waals surface area contributed by atoms with Crippen molar-refractivity contribution in [1.29, 1.82) is 0 Å². The molecule has 1 N–H and O–H groups in total. The van der Waals surface area contributed by atoms with Crippen LogP contribution in [0.25, 0.3) is 0 Å². The van der Waals surface area contributed by atoms with Crippen LogP contribution in [0.3, 0.4) is 0 Å². The number of aromatic nitrogens is 4. The minimum absolute atomic E-state index is 0.741. The van der Waals surface area contributed by atoms with Gasteiger partial charge < -0.3 is 5.32 Å². The molecule has 2 aromatic rings. The van der Waals surface area contributed by atoms with Gasteiger partial charge in [-0.05, 0) is 40.9 Å². The highest BCUT2D eigenvalue weighted by atomic mass is 15.5. The number of benzene rings is 1. The van der Waals surface area contributed by atoms with Crippen molar-refractivity contribution in [1.82, 2.24) is 30.4 Å². The van der Waals surface area contributed by atoms with E-state index in [1.54, 1.807) is 0 Å². The maximum absolute atomic E-state index is 4.21. The predicted octanol–water partition coefficient (Wildman–Crippen LogP) is 0.373. The highest BCUT2D eigenvalue weighted by Crippen LogP contribution is 2.27. The normalized spacial score (nSPS) is 25.3. The van der Waals surface area contributed by atoms with Crippen molar-refractivity contribution >= 4 is 0 Å². The van der Waals surface area contributed by atoms with Crippen LogP contribution >= 0.6 is 0 Å². The number of hydrogen-bond acceptors (Lipinski definition) is 5. The van der Waals surface area contributed by atoms with Gasteiger partial charge in [-0.3, -0.25) is 4.90 Å². The topological polar surface area (TPSA) is 58.9 Å². The van der Waals surface area contributed by atoms with Crippen molar-refractivity contribution < 1.29 is 0 Å². The molecule has 6 heteroatoms. The number of nitrogens with zero attached hydrogens (tertiary/aromatic N) is 5. The maximum atomic E-state index is 4.21. The Balaban J connectivity index is 1.43. The monoisotopic (exact) mass is 284 g/mol. The molecule has 0 aliphatic carbocycles. The van der Waals surface area contributed by atoms with E-state index in [0.717, 1.165) is 56.9 Å². The fourth-order valence-electron chi connectivity index (χ4n) is 3.50. The highest BCUT2D eigenvalue weighted by Gasteiger charge is 2.36. The van der Waals surface area contributed by atoms with Gasteiger partial charge >= 0.3 is 0 Å². The summed E-state index contributed by atoms with van der Waals surface area (Å²) in [7, 11) is 0. The first-order chi connectivity index (χ1) is 10.4. The summed E-state index contributed by atoms with van der Waals surface area (Å²) in [6.45, 7) is 6.25. The van der Waals surface area contributed by atoms with E-state index < -0.39 is 0 Å². The SMILES string of the molecule is c1ccc(Cn2nnnc2CN2CC3CNCC3C2)cc1. The molecule has 0 bridgehead atoms. The van der Waals surface area contributed by atoms with Crippen LogP contribution in [0.15, 0.2) is 30.3 Å². The smallest absolute Gasteiger partial charge is 0.165 e. The lowest BCUT2D eigenvalue weighted by Gasteiger charge is -2.16. The molecule has 1 aromatic heterocycles. The molecule has 0 amide bonds. The van der Waals surface area contributed by atoms with Gasteiger partial charge in [-0.15, -0.1) is 5.10 Å². The Kier molecular flexibility index (Phi) is 3.40. The van der Waals surface area contributed by atoms with Gasteiger partial charge in [0, 0.05) is 13.1 Å².